The number of amides is 1. The van der Waals surface area contributed by atoms with Crippen molar-refractivity contribution >= 4 is 23.3 Å². The maximum atomic E-state index is 13.7. The van der Waals surface area contributed by atoms with Crippen LogP contribution in [0.15, 0.2) is 24.3 Å². The average molecular weight is 433 g/mol. The first kappa shape index (κ1) is 22.5. The fourth-order valence-corrected chi connectivity index (χ4v) is 3.94. The van der Waals surface area contributed by atoms with Crippen LogP contribution in [0.25, 0.3) is 0 Å². The lowest BCUT2D eigenvalue weighted by Crippen LogP contribution is -2.53. The van der Waals surface area contributed by atoms with Gasteiger partial charge in [-0.25, -0.2) is 14.4 Å². The van der Waals surface area contributed by atoms with Gasteiger partial charge in [-0.2, -0.15) is 0 Å². The molecule has 0 unspecified atom stereocenters. The van der Waals surface area contributed by atoms with E-state index in [0.29, 0.717) is 38.5 Å². The number of hydrogen-bond donors (Lipinski definition) is 0. The Bertz CT molecular complexity index is 910. The van der Waals surface area contributed by atoms with E-state index in [-0.39, 0.29) is 11.7 Å². The monoisotopic (exact) mass is 432 g/mol. The van der Waals surface area contributed by atoms with E-state index in [1.54, 1.807) is 12.1 Å². The maximum Gasteiger partial charge on any atom is 0.229 e. The summed E-state index contributed by atoms with van der Waals surface area (Å²) in [6.07, 6.45) is 1.36. The lowest BCUT2D eigenvalue weighted by molar-refractivity contribution is -0.139. The summed E-state index contributed by atoms with van der Waals surface area (Å²) in [5.41, 5.74) is 2.36. The Balaban J connectivity index is 1.85. The third-order valence-electron chi connectivity index (χ3n) is 5.57. The second-order valence-electron chi connectivity index (χ2n) is 8.48. The Morgan fingerprint density at radius 1 is 1.20 bits per heavy atom. The molecule has 162 valence electrons. The molecule has 0 bridgehead atoms. The molecule has 1 aliphatic heterocycles. The van der Waals surface area contributed by atoms with Crippen LogP contribution in [-0.4, -0.2) is 52.8 Å². The van der Waals surface area contributed by atoms with Crippen LogP contribution >= 0.6 is 11.6 Å². The normalized spacial score (nSPS) is 14.9. The fraction of sp³-hybridized carbons (Fsp3) is 0.522. The number of aromatic nitrogens is 2. The molecule has 5 nitrogen and oxygen atoms in total. The van der Waals surface area contributed by atoms with Gasteiger partial charge >= 0.3 is 0 Å². The van der Waals surface area contributed by atoms with Gasteiger partial charge in [0, 0.05) is 49.7 Å². The molecule has 1 aliphatic rings. The predicted molar refractivity (Wildman–Crippen MR) is 119 cm³/mol. The highest BCUT2D eigenvalue weighted by Crippen LogP contribution is 2.27. The third kappa shape index (κ3) is 4.91. The van der Waals surface area contributed by atoms with E-state index < -0.39 is 5.41 Å². The number of hydrogen-bond acceptors (Lipinski definition) is 4. The molecule has 1 fully saturated rings. The van der Waals surface area contributed by atoms with Crippen LogP contribution in [-0.2, 0) is 17.6 Å². The molecule has 1 amide bonds. The summed E-state index contributed by atoms with van der Waals surface area (Å²) >= 11 is 5.99. The second-order valence-corrected chi connectivity index (χ2v) is 8.74. The number of benzene rings is 1. The van der Waals surface area contributed by atoms with Gasteiger partial charge in [-0.1, -0.05) is 19.1 Å². The number of halogens is 2. The van der Waals surface area contributed by atoms with Gasteiger partial charge in [0.2, 0.25) is 5.91 Å². The Morgan fingerprint density at radius 2 is 1.90 bits per heavy atom. The van der Waals surface area contributed by atoms with Gasteiger partial charge in [-0.3, -0.25) is 4.79 Å². The number of anilines is 1. The van der Waals surface area contributed by atoms with E-state index in [4.69, 9.17) is 16.6 Å². The number of aryl methyl sites for hydroxylation is 2. The zero-order valence-electron chi connectivity index (χ0n) is 18.2. The molecule has 2 heterocycles. The molecule has 0 spiro atoms. The Morgan fingerprint density at radius 3 is 2.50 bits per heavy atom. The Labute approximate surface area is 183 Å². The SMILES string of the molecule is CCc1nc(C)nc(N2CCN(C(=O)C(C)(C)CCl)CC2)c1Cc1cccc(F)c1. The van der Waals surface area contributed by atoms with Gasteiger partial charge in [0.15, 0.2) is 0 Å². The second kappa shape index (κ2) is 9.29. The Kier molecular flexibility index (Phi) is 6.96. The van der Waals surface area contributed by atoms with Crippen molar-refractivity contribution in [1.29, 1.82) is 0 Å². The highest BCUT2D eigenvalue weighted by Gasteiger charge is 2.33. The van der Waals surface area contributed by atoms with Crippen LogP contribution in [0.4, 0.5) is 10.2 Å². The largest absolute Gasteiger partial charge is 0.353 e. The van der Waals surface area contributed by atoms with Crippen LogP contribution in [0, 0.1) is 18.2 Å². The Hall–Kier alpha value is -2.21. The predicted octanol–water partition coefficient (Wildman–Crippen LogP) is 3.99. The van der Waals surface area contributed by atoms with Crippen LogP contribution < -0.4 is 4.90 Å². The molecule has 0 N–H and O–H groups in total. The van der Waals surface area contributed by atoms with Crippen molar-refractivity contribution in [2.75, 3.05) is 37.0 Å². The number of rotatable bonds is 6. The molecule has 1 aromatic heterocycles. The van der Waals surface area contributed by atoms with Crippen LogP contribution in [0.5, 0.6) is 0 Å². The van der Waals surface area contributed by atoms with Crippen molar-refractivity contribution in [3.63, 3.8) is 0 Å². The number of carbonyl (C=O) groups is 1. The van der Waals surface area contributed by atoms with Crippen molar-refractivity contribution in [3.8, 4) is 0 Å². The minimum absolute atomic E-state index is 0.0882. The van der Waals surface area contributed by atoms with E-state index in [2.05, 4.69) is 16.8 Å². The molecular formula is C23H30ClFN4O. The summed E-state index contributed by atoms with van der Waals surface area (Å²) in [5.74, 6) is 1.77. The van der Waals surface area contributed by atoms with E-state index in [1.807, 2.05) is 31.7 Å². The fourth-order valence-electron chi connectivity index (χ4n) is 3.83. The van der Waals surface area contributed by atoms with Gasteiger partial charge in [0.1, 0.15) is 17.5 Å². The highest BCUT2D eigenvalue weighted by molar-refractivity contribution is 6.19. The van der Waals surface area contributed by atoms with Gasteiger partial charge in [-0.15, -0.1) is 11.6 Å². The molecule has 0 radical (unpaired) electrons. The molecular weight excluding hydrogens is 403 g/mol. The van der Waals surface area contributed by atoms with E-state index >= 15 is 0 Å². The molecule has 3 rings (SSSR count). The maximum absolute atomic E-state index is 13.7. The number of alkyl halides is 1. The van der Waals surface area contributed by atoms with E-state index in [0.717, 1.165) is 34.9 Å². The first-order valence-electron chi connectivity index (χ1n) is 10.5. The van der Waals surface area contributed by atoms with E-state index in [9.17, 15) is 9.18 Å². The molecule has 1 saturated heterocycles. The van der Waals surface area contributed by atoms with Crippen molar-refractivity contribution < 1.29 is 9.18 Å². The first-order chi connectivity index (χ1) is 14.2. The van der Waals surface area contributed by atoms with Crippen molar-refractivity contribution in [1.82, 2.24) is 14.9 Å². The molecule has 30 heavy (non-hydrogen) atoms. The quantitative estimate of drug-likeness (QED) is 0.647. The number of nitrogens with zero attached hydrogens (tertiary/aromatic N) is 4. The molecule has 7 heteroatoms. The summed E-state index contributed by atoms with van der Waals surface area (Å²) in [4.78, 5) is 26.3. The lowest BCUT2D eigenvalue weighted by atomic mass is 9.94. The number of piperazine rings is 1. The zero-order chi connectivity index (χ0) is 21.9. The lowest BCUT2D eigenvalue weighted by Gasteiger charge is -2.39. The molecule has 0 saturated carbocycles. The minimum atomic E-state index is -0.562. The van der Waals surface area contributed by atoms with Crippen molar-refractivity contribution in [3.05, 3.63) is 52.7 Å². The summed E-state index contributed by atoms with van der Waals surface area (Å²) < 4.78 is 13.7. The summed E-state index contributed by atoms with van der Waals surface area (Å²) in [6, 6.07) is 6.67. The van der Waals surface area contributed by atoms with Crippen LogP contribution in [0.2, 0.25) is 0 Å². The topological polar surface area (TPSA) is 49.3 Å². The molecule has 2 aromatic rings. The van der Waals surface area contributed by atoms with E-state index in [1.165, 1.54) is 6.07 Å². The molecule has 1 aromatic carbocycles. The summed E-state index contributed by atoms with van der Waals surface area (Å²) in [6.45, 7) is 10.4. The zero-order valence-corrected chi connectivity index (χ0v) is 19.0. The van der Waals surface area contributed by atoms with Gasteiger partial charge < -0.3 is 9.80 Å². The van der Waals surface area contributed by atoms with Crippen LogP contribution in [0.3, 0.4) is 0 Å². The van der Waals surface area contributed by atoms with Crippen molar-refractivity contribution in [2.24, 2.45) is 5.41 Å². The summed E-state index contributed by atoms with van der Waals surface area (Å²) in [5, 5.41) is 0. The van der Waals surface area contributed by atoms with Crippen LogP contribution in [0.1, 0.15) is 43.4 Å². The van der Waals surface area contributed by atoms with Gasteiger partial charge in [0.05, 0.1) is 5.41 Å². The average Bonchev–Trinajstić information content (AvgIpc) is 2.74. The van der Waals surface area contributed by atoms with Gasteiger partial charge in [-0.05, 0) is 44.9 Å². The third-order valence-corrected chi connectivity index (χ3v) is 6.24. The van der Waals surface area contributed by atoms with Crippen molar-refractivity contribution in [2.45, 2.75) is 40.5 Å². The highest BCUT2D eigenvalue weighted by atomic mass is 35.5. The first-order valence-corrected chi connectivity index (χ1v) is 11.0. The molecule has 0 atom stereocenters. The van der Waals surface area contributed by atoms with Gasteiger partial charge in [0.25, 0.3) is 0 Å². The minimum Gasteiger partial charge on any atom is -0.353 e. The summed E-state index contributed by atoms with van der Waals surface area (Å²) in [7, 11) is 0. The molecule has 0 aliphatic carbocycles. The number of carbonyl (C=O) groups excluding carboxylic acids is 1. The smallest absolute Gasteiger partial charge is 0.229 e. The standard InChI is InChI=1S/C23H30ClFN4O/c1-5-20-19(14-17-7-6-8-18(25)13-17)21(27-16(2)26-20)28-9-11-29(12-10-28)22(30)23(3,4)15-24/h6-8,13H,5,9-12,14-15H2,1-4H3.